The largest absolute Gasteiger partial charge is 0.481 e. The molecule has 0 bridgehead atoms. The first kappa shape index (κ1) is 15.8. The topological polar surface area (TPSA) is 74.7 Å². The fourth-order valence-electron chi connectivity index (χ4n) is 1.87. The molecule has 7 heteroatoms. The molecule has 0 spiro atoms. The van der Waals surface area contributed by atoms with Crippen LogP contribution in [-0.2, 0) is 14.8 Å². The van der Waals surface area contributed by atoms with Crippen molar-refractivity contribution in [3.8, 4) is 0 Å². The minimum Gasteiger partial charge on any atom is -0.481 e. The molecule has 1 unspecified atom stereocenters. The molecule has 1 aliphatic rings. The average Bonchev–Trinajstić information content (AvgIpc) is 2.26. The highest BCUT2D eigenvalue weighted by Crippen LogP contribution is 2.23. The summed E-state index contributed by atoms with van der Waals surface area (Å²) < 4.78 is 25.8. The fraction of sp³-hybridized carbons (Fsp3) is 0.909. The third-order valence-electron chi connectivity index (χ3n) is 2.89. The maximum atomic E-state index is 12.2. The Hall–Kier alpha value is -0.270. The Morgan fingerprint density at radius 2 is 2.17 bits per heavy atom. The van der Waals surface area contributed by atoms with Gasteiger partial charge < -0.3 is 5.11 Å². The maximum Gasteiger partial charge on any atom is 0.305 e. The van der Waals surface area contributed by atoms with Gasteiger partial charge >= 0.3 is 5.97 Å². The molecule has 1 saturated heterocycles. The number of carboxylic acid groups (broad SMARTS) is 1. The molecular weight excluding hydrogens is 274 g/mol. The number of carbonyl (C=O) groups is 1. The van der Waals surface area contributed by atoms with Gasteiger partial charge in [-0.15, -0.1) is 0 Å². The quantitative estimate of drug-likeness (QED) is 0.798. The van der Waals surface area contributed by atoms with E-state index in [1.54, 1.807) is 11.8 Å². The van der Waals surface area contributed by atoms with Gasteiger partial charge in [-0.2, -0.15) is 16.1 Å². The lowest BCUT2D eigenvalue weighted by Gasteiger charge is -2.33. The molecule has 0 radical (unpaired) electrons. The number of hydrogen-bond donors (Lipinski definition) is 1. The smallest absolute Gasteiger partial charge is 0.305 e. The summed E-state index contributed by atoms with van der Waals surface area (Å²) >= 11 is 1.62. The first-order valence-corrected chi connectivity index (χ1v) is 8.88. The van der Waals surface area contributed by atoms with E-state index in [9.17, 15) is 13.2 Å². The third kappa shape index (κ3) is 4.78. The first-order chi connectivity index (χ1) is 8.33. The predicted octanol–water partition coefficient (Wildman–Crippen LogP) is 1.25. The van der Waals surface area contributed by atoms with Crippen LogP contribution in [0.3, 0.4) is 0 Å². The van der Waals surface area contributed by atoms with E-state index in [0.717, 1.165) is 5.75 Å². The summed E-state index contributed by atoms with van der Waals surface area (Å²) in [5, 5.41) is 8.84. The Morgan fingerprint density at radius 1 is 1.50 bits per heavy atom. The van der Waals surface area contributed by atoms with Crippen molar-refractivity contribution in [1.29, 1.82) is 0 Å². The van der Waals surface area contributed by atoms with E-state index in [0.29, 0.717) is 24.6 Å². The summed E-state index contributed by atoms with van der Waals surface area (Å²) in [5.41, 5.74) is 0. The molecule has 0 aromatic heterocycles. The van der Waals surface area contributed by atoms with Gasteiger partial charge in [0.05, 0.1) is 12.2 Å². The number of thioether (sulfide) groups is 1. The number of aliphatic carboxylic acids is 1. The minimum atomic E-state index is -3.32. The summed E-state index contributed by atoms with van der Waals surface area (Å²) in [4.78, 5) is 10.8. The standard InChI is InChI=1S/C11H21NO4S2/c1-9(2)3-6-18(15,16)12-4-5-17-8-10(12)7-11(13)14/h9-10H,3-8H2,1-2H3,(H,13,14). The monoisotopic (exact) mass is 295 g/mol. The normalized spacial score (nSPS) is 22.3. The number of carboxylic acids is 1. The summed E-state index contributed by atoms with van der Waals surface area (Å²) in [7, 11) is -3.32. The molecule has 0 aliphatic carbocycles. The zero-order valence-electron chi connectivity index (χ0n) is 10.8. The van der Waals surface area contributed by atoms with Crippen molar-refractivity contribution in [1.82, 2.24) is 4.31 Å². The van der Waals surface area contributed by atoms with E-state index in [1.807, 2.05) is 13.8 Å². The number of nitrogens with zero attached hydrogens (tertiary/aromatic N) is 1. The van der Waals surface area contributed by atoms with Crippen LogP contribution in [0.25, 0.3) is 0 Å². The van der Waals surface area contributed by atoms with Crippen LogP contribution < -0.4 is 0 Å². The van der Waals surface area contributed by atoms with Crippen LogP contribution in [-0.4, -0.2) is 53.6 Å². The van der Waals surface area contributed by atoms with Gasteiger partial charge in [0.25, 0.3) is 0 Å². The molecule has 0 saturated carbocycles. The summed E-state index contributed by atoms with van der Waals surface area (Å²) in [6.45, 7) is 4.40. The molecule has 1 aliphatic heterocycles. The molecule has 106 valence electrons. The minimum absolute atomic E-state index is 0.103. The van der Waals surface area contributed by atoms with Gasteiger partial charge in [0.2, 0.25) is 10.0 Å². The molecule has 5 nitrogen and oxygen atoms in total. The van der Waals surface area contributed by atoms with Gasteiger partial charge in [-0.25, -0.2) is 8.42 Å². The van der Waals surface area contributed by atoms with Crippen LogP contribution in [0.2, 0.25) is 0 Å². The van der Waals surface area contributed by atoms with Gasteiger partial charge in [-0.05, 0) is 12.3 Å². The van der Waals surface area contributed by atoms with Crippen molar-refractivity contribution in [2.75, 3.05) is 23.8 Å². The van der Waals surface area contributed by atoms with Crippen LogP contribution >= 0.6 is 11.8 Å². The molecule has 0 aromatic carbocycles. The summed E-state index contributed by atoms with van der Waals surface area (Å²) in [5.74, 6) is 0.832. The third-order valence-corrected chi connectivity index (χ3v) is 5.93. The Labute approximate surface area is 113 Å². The Kier molecular flexibility index (Phi) is 5.94. The molecule has 1 fully saturated rings. The molecular formula is C11H21NO4S2. The predicted molar refractivity (Wildman–Crippen MR) is 73.3 cm³/mol. The lowest BCUT2D eigenvalue weighted by molar-refractivity contribution is -0.137. The molecule has 1 atom stereocenters. The van der Waals surface area contributed by atoms with Crippen molar-refractivity contribution < 1.29 is 18.3 Å². The second-order valence-electron chi connectivity index (χ2n) is 4.94. The lowest BCUT2D eigenvalue weighted by atomic mass is 10.2. The van der Waals surface area contributed by atoms with Crippen molar-refractivity contribution in [2.24, 2.45) is 5.92 Å². The molecule has 1 N–H and O–H groups in total. The molecule has 1 heterocycles. The first-order valence-electron chi connectivity index (χ1n) is 6.12. The van der Waals surface area contributed by atoms with E-state index < -0.39 is 22.0 Å². The number of sulfonamides is 1. The zero-order valence-corrected chi connectivity index (χ0v) is 12.5. The van der Waals surface area contributed by atoms with Crippen molar-refractivity contribution in [2.45, 2.75) is 32.7 Å². The number of rotatable bonds is 6. The van der Waals surface area contributed by atoms with Crippen LogP contribution in [0.5, 0.6) is 0 Å². The van der Waals surface area contributed by atoms with Gasteiger partial charge in [-0.1, -0.05) is 13.8 Å². The highest BCUT2D eigenvalue weighted by Gasteiger charge is 2.33. The second-order valence-corrected chi connectivity index (χ2v) is 8.13. The Balaban J connectivity index is 2.72. The average molecular weight is 295 g/mol. The van der Waals surface area contributed by atoms with Crippen molar-refractivity contribution in [3.63, 3.8) is 0 Å². The van der Waals surface area contributed by atoms with Crippen LogP contribution in [0.4, 0.5) is 0 Å². The van der Waals surface area contributed by atoms with Gasteiger partial charge in [0.15, 0.2) is 0 Å². The molecule has 18 heavy (non-hydrogen) atoms. The van der Waals surface area contributed by atoms with Gasteiger partial charge in [0, 0.05) is 24.1 Å². The highest BCUT2D eigenvalue weighted by atomic mass is 32.2. The Bertz CT molecular complexity index is 381. The SMILES string of the molecule is CC(C)CCS(=O)(=O)N1CCSCC1CC(=O)O. The van der Waals surface area contributed by atoms with E-state index >= 15 is 0 Å². The molecule has 1 rings (SSSR count). The van der Waals surface area contributed by atoms with Crippen LogP contribution in [0.1, 0.15) is 26.7 Å². The maximum absolute atomic E-state index is 12.2. The summed E-state index contributed by atoms with van der Waals surface area (Å²) in [6.07, 6.45) is 0.514. The fourth-order valence-corrected chi connectivity index (χ4v) is 5.12. The Morgan fingerprint density at radius 3 is 2.72 bits per heavy atom. The van der Waals surface area contributed by atoms with E-state index in [1.165, 1.54) is 4.31 Å². The van der Waals surface area contributed by atoms with Gasteiger partial charge in [0.1, 0.15) is 0 Å². The summed E-state index contributed by atoms with van der Waals surface area (Å²) in [6, 6.07) is -0.390. The second kappa shape index (κ2) is 6.77. The molecule has 0 aromatic rings. The van der Waals surface area contributed by atoms with E-state index in [4.69, 9.17) is 5.11 Å². The highest BCUT2D eigenvalue weighted by molar-refractivity contribution is 7.99. The van der Waals surface area contributed by atoms with E-state index in [-0.39, 0.29) is 12.2 Å². The van der Waals surface area contributed by atoms with Gasteiger partial charge in [-0.3, -0.25) is 4.79 Å². The number of hydrogen-bond acceptors (Lipinski definition) is 4. The lowest BCUT2D eigenvalue weighted by Crippen LogP contribution is -2.48. The van der Waals surface area contributed by atoms with Crippen molar-refractivity contribution in [3.05, 3.63) is 0 Å². The van der Waals surface area contributed by atoms with Crippen LogP contribution in [0, 0.1) is 5.92 Å². The van der Waals surface area contributed by atoms with E-state index in [2.05, 4.69) is 0 Å². The molecule has 0 amide bonds. The van der Waals surface area contributed by atoms with Crippen LogP contribution in [0.15, 0.2) is 0 Å². The van der Waals surface area contributed by atoms with Crippen molar-refractivity contribution >= 4 is 27.8 Å². The zero-order chi connectivity index (χ0) is 13.8.